The van der Waals surface area contributed by atoms with E-state index >= 15 is 0 Å². The van der Waals surface area contributed by atoms with Crippen LogP contribution in [-0.4, -0.2) is 25.6 Å². The van der Waals surface area contributed by atoms with Crippen LogP contribution in [0.3, 0.4) is 0 Å². The van der Waals surface area contributed by atoms with Crippen molar-refractivity contribution in [1.82, 2.24) is 4.98 Å². The number of nitrogens with one attached hydrogen (secondary N) is 1. The van der Waals surface area contributed by atoms with Gasteiger partial charge >= 0.3 is 0 Å². The lowest BCUT2D eigenvalue weighted by Crippen LogP contribution is -2.15. The standard InChI is InChI=1S/C21H14N2O3S2/c1-28(25,26)16-11-3-2-8-13(16)20(24)23-21-22-18-14-9-4-6-12-7-5-10-15(17(12)14)19(18)27-21/h2-11H,1H3,(H,22,23,24). The summed E-state index contributed by atoms with van der Waals surface area (Å²) in [5, 5.41) is 5.56. The van der Waals surface area contributed by atoms with Crippen molar-refractivity contribution in [1.29, 1.82) is 0 Å². The predicted octanol–water partition coefficient (Wildman–Crippen LogP) is 4.60. The molecule has 0 spiro atoms. The summed E-state index contributed by atoms with van der Waals surface area (Å²) in [6, 6.07) is 18.4. The molecular formula is C21H14N2O3S2. The van der Waals surface area contributed by atoms with E-state index in [0.29, 0.717) is 5.13 Å². The van der Waals surface area contributed by atoms with Crippen LogP contribution in [0, 0.1) is 0 Å². The molecule has 1 aromatic heterocycles. The van der Waals surface area contributed by atoms with E-state index in [1.165, 1.54) is 28.9 Å². The summed E-state index contributed by atoms with van der Waals surface area (Å²) in [5.41, 5.74) is 3.13. The lowest BCUT2D eigenvalue weighted by molar-refractivity contribution is 0.102. The van der Waals surface area contributed by atoms with Gasteiger partial charge in [0.1, 0.15) is 0 Å². The number of benzene rings is 3. The van der Waals surface area contributed by atoms with Gasteiger partial charge in [0.25, 0.3) is 5.91 Å². The van der Waals surface area contributed by atoms with Crippen LogP contribution in [0.15, 0.2) is 65.6 Å². The van der Waals surface area contributed by atoms with E-state index in [4.69, 9.17) is 0 Å². The maximum Gasteiger partial charge on any atom is 0.258 e. The van der Waals surface area contributed by atoms with Crippen molar-refractivity contribution in [3.8, 4) is 21.7 Å². The number of sulfone groups is 1. The Kier molecular flexibility index (Phi) is 3.65. The average molecular weight is 406 g/mol. The molecule has 0 aliphatic heterocycles. The van der Waals surface area contributed by atoms with Crippen molar-refractivity contribution in [3.05, 3.63) is 66.2 Å². The van der Waals surface area contributed by atoms with Crippen molar-refractivity contribution >= 4 is 43.0 Å². The van der Waals surface area contributed by atoms with E-state index < -0.39 is 15.7 Å². The minimum atomic E-state index is -3.51. The smallest absolute Gasteiger partial charge is 0.258 e. The van der Waals surface area contributed by atoms with Gasteiger partial charge in [0.2, 0.25) is 0 Å². The second-order valence-corrected chi connectivity index (χ2v) is 9.61. The highest BCUT2D eigenvalue weighted by Crippen LogP contribution is 2.50. The fourth-order valence-electron chi connectivity index (χ4n) is 3.61. The molecule has 0 unspecified atom stereocenters. The normalized spacial score (nSPS) is 12.2. The summed E-state index contributed by atoms with van der Waals surface area (Å²) in [7, 11) is -3.51. The van der Waals surface area contributed by atoms with Gasteiger partial charge in [0, 0.05) is 17.4 Å². The van der Waals surface area contributed by atoms with E-state index in [1.54, 1.807) is 12.1 Å². The van der Waals surface area contributed by atoms with Gasteiger partial charge in [-0.1, -0.05) is 59.9 Å². The fourth-order valence-corrected chi connectivity index (χ4v) is 5.50. The Morgan fingerprint density at radius 1 is 0.964 bits per heavy atom. The molecule has 0 fully saturated rings. The fraction of sp³-hybridized carbons (Fsp3) is 0.0476. The molecule has 138 valence electrons. The molecule has 7 heteroatoms. The molecule has 1 heterocycles. The van der Waals surface area contributed by atoms with Crippen LogP contribution in [0.1, 0.15) is 10.4 Å². The summed E-state index contributed by atoms with van der Waals surface area (Å²) >= 11 is 1.40. The maximum absolute atomic E-state index is 12.7. The first-order valence-electron chi connectivity index (χ1n) is 8.57. The number of hydrogen-bond acceptors (Lipinski definition) is 5. The number of hydrogen-bond donors (Lipinski definition) is 1. The number of amides is 1. The highest BCUT2D eigenvalue weighted by atomic mass is 32.2. The Morgan fingerprint density at radius 3 is 2.43 bits per heavy atom. The molecule has 28 heavy (non-hydrogen) atoms. The molecule has 5 nitrogen and oxygen atoms in total. The second-order valence-electron chi connectivity index (χ2n) is 6.63. The number of aromatic nitrogens is 1. The van der Waals surface area contributed by atoms with Gasteiger partial charge in [0.15, 0.2) is 15.0 Å². The Bertz CT molecular complexity index is 1330. The van der Waals surface area contributed by atoms with Crippen LogP contribution >= 0.6 is 11.3 Å². The van der Waals surface area contributed by atoms with E-state index in [0.717, 1.165) is 33.3 Å². The third kappa shape index (κ3) is 2.55. The Hall–Kier alpha value is -3.03. The third-order valence-corrected chi connectivity index (χ3v) is 6.94. The topological polar surface area (TPSA) is 76.1 Å². The SMILES string of the molecule is CS(=O)(=O)c1ccccc1C(=O)Nc1nc2c(s1)-c1cccc3cccc-2c13. The molecule has 5 rings (SSSR count). The van der Waals surface area contributed by atoms with Crippen molar-refractivity contribution < 1.29 is 13.2 Å². The van der Waals surface area contributed by atoms with Crippen LogP contribution in [-0.2, 0) is 9.84 Å². The zero-order valence-electron chi connectivity index (χ0n) is 14.8. The number of carbonyl (C=O) groups is 1. The molecule has 1 aliphatic rings. The van der Waals surface area contributed by atoms with E-state index in [-0.39, 0.29) is 10.5 Å². The number of nitrogens with zero attached hydrogens (tertiary/aromatic N) is 1. The molecule has 0 saturated heterocycles. The Labute approximate surface area is 165 Å². The summed E-state index contributed by atoms with van der Waals surface area (Å²) in [4.78, 5) is 18.4. The number of anilines is 1. The molecule has 3 aromatic carbocycles. The molecule has 0 radical (unpaired) electrons. The van der Waals surface area contributed by atoms with Crippen LogP contribution < -0.4 is 5.32 Å². The lowest BCUT2D eigenvalue weighted by Gasteiger charge is -2.07. The highest BCUT2D eigenvalue weighted by Gasteiger charge is 2.26. The van der Waals surface area contributed by atoms with Gasteiger partial charge < -0.3 is 0 Å². The zero-order valence-corrected chi connectivity index (χ0v) is 16.4. The van der Waals surface area contributed by atoms with Crippen LogP contribution in [0.25, 0.3) is 32.5 Å². The van der Waals surface area contributed by atoms with Gasteiger partial charge in [-0.25, -0.2) is 13.4 Å². The highest BCUT2D eigenvalue weighted by molar-refractivity contribution is 7.90. The predicted molar refractivity (Wildman–Crippen MR) is 112 cm³/mol. The zero-order chi connectivity index (χ0) is 19.5. The maximum atomic E-state index is 12.7. The lowest BCUT2D eigenvalue weighted by atomic mass is 10.0. The Balaban J connectivity index is 1.54. The first kappa shape index (κ1) is 17.1. The molecule has 4 aromatic rings. The molecule has 1 N–H and O–H groups in total. The molecule has 0 atom stereocenters. The summed E-state index contributed by atoms with van der Waals surface area (Å²) < 4.78 is 23.9. The van der Waals surface area contributed by atoms with Crippen LogP contribution in [0.4, 0.5) is 5.13 Å². The van der Waals surface area contributed by atoms with E-state index in [2.05, 4.69) is 28.5 Å². The second kappa shape index (κ2) is 5.98. The average Bonchev–Trinajstić information content (AvgIpc) is 3.21. The molecular weight excluding hydrogens is 392 g/mol. The first-order chi connectivity index (χ1) is 13.4. The van der Waals surface area contributed by atoms with E-state index in [1.807, 2.05) is 18.2 Å². The summed E-state index contributed by atoms with van der Waals surface area (Å²) in [6.07, 6.45) is 1.09. The van der Waals surface area contributed by atoms with Gasteiger partial charge in [-0.15, -0.1) is 0 Å². The minimum Gasteiger partial charge on any atom is -0.298 e. The molecule has 1 amide bonds. The van der Waals surface area contributed by atoms with Crippen molar-refractivity contribution in [2.75, 3.05) is 11.6 Å². The quantitative estimate of drug-likeness (QED) is 0.475. The largest absolute Gasteiger partial charge is 0.298 e. The van der Waals surface area contributed by atoms with Gasteiger partial charge in [0.05, 0.1) is 21.0 Å². The van der Waals surface area contributed by atoms with Crippen molar-refractivity contribution in [2.24, 2.45) is 0 Å². The van der Waals surface area contributed by atoms with Crippen LogP contribution in [0.2, 0.25) is 0 Å². The number of thiazole rings is 1. The van der Waals surface area contributed by atoms with E-state index in [9.17, 15) is 13.2 Å². The molecule has 1 aliphatic carbocycles. The number of fused-ring (bicyclic) bond motifs is 3. The first-order valence-corrected chi connectivity index (χ1v) is 11.3. The number of rotatable bonds is 3. The monoisotopic (exact) mass is 406 g/mol. The minimum absolute atomic E-state index is 0.00621. The van der Waals surface area contributed by atoms with Crippen LogP contribution in [0.5, 0.6) is 0 Å². The third-order valence-electron chi connectivity index (χ3n) is 4.78. The molecule has 0 saturated carbocycles. The molecule has 0 bridgehead atoms. The van der Waals surface area contributed by atoms with Gasteiger partial charge in [-0.2, -0.15) is 0 Å². The summed E-state index contributed by atoms with van der Waals surface area (Å²) in [6.45, 7) is 0. The van der Waals surface area contributed by atoms with Crippen molar-refractivity contribution in [2.45, 2.75) is 4.90 Å². The van der Waals surface area contributed by atoms with Gasteiger partial charge in [-0.3, -0.25) is 10.1 Å². The number of carbonyl (C=O) groups excluding carboxylic acids is 1. The summed E-state index contributed by atoms with van der Waals surface area (Å²) in [5.74, 6) is -0.486. The Morgan fingerprint density at radius 2 is 1.68 bits per heavy atom. The van der Waals surface area contributed by atoms with Crippen molar-refractivity contribution in [3.63, 3.8) is 0 Å². The van der Waals surface area contributed by atoms with Gasteiger partial charge in [-0.05, 0) is 22.9 Å².